The van der Waals surface area contributed by atoms with Crippen LogP contribution in [0, 0.1) is 0 Å². The average Bonchev–Trinajstić information content (AvgIpc) is 2.15. The minimum Gasteiger partial charge on any atom is -0.394 e. The zero-order chi connectivity index (χ0) is 10.0. The first-order valence-electron chi connectivity index (χ1n) is 4.02. The highest BCUT2D eigenvalue weighted by atomic mass is 16.7. The number of nitrogens with two attached hydrogens (primary N) is 1. The quantitative estimate of drug-likeness (QED) is 0.383. The Labute approximate surface area is 75.9 Å². The van der Waals surface area contributed by atoms with Crippen molar-refractivity contribution in [1.29, 1.82) is 0 Å². The highest BCUT2D eigenvalue weighted by Gasteiger charge is 2.42. The Bertz CT molecular complexity index is 147. The largest absolute Gasteiger partial charge is 0.394 e. The first kappa shape index (κ1) is 10.8. The van der Waals surface area contributed by atoms with Crippen LogP contribution in [0.5, 0.6) is 0 Å². The molecule has 1 fully saturated rings. The summed E-state index contributed by atoms with van der Waals surface area (Å²) < 4.78 is 9.90. The summed E-state index contributed by atoms with van der Waals surface area (Å²) in [4.78, 5) is 0. The van der Waals surface area contributed by atoms with Crippen LogP contribution in [0.3, 0.4) is 0 Å². The summed E-state index contributed by atoms with van der Waals surface area (Å²) >= 11 is 0. The molecule has 1 aliphatic rings. The Morgan fingerprint density at radius 2 is 2.00 bits per heavy atom. The highest BCUT2D eigenvalue weighted by Crippen LogP contribution is 2.19. The van der Waals surface area contributed by atoms with Gasteiger partial charge in [-0.3, -0.25) is 0 Å². The summed E-state index contributed by atoms with van der Waals surface area (Å²) in [5.41, 5.74) is 5.50. The Morgan fingerprint density at radius 1 is 1.38 bits per heavy atom. The van der Waals surface area contributed by atoms with Gasteiger partial charge in [0.05, 0.1) is 12.6 Å². The van der Waals surface area contributed by atoms with Crippen molar-refractivity contribution in [2.24, 2.45) is 5.73 Å². The number of rotatable bonds is 2. The molecule has 1 aliphatic heterocycles. The Balaban J connectivity index is 2.66. The number of hydrogen-bond acceptors (Lipinski definition) is 6. The smallest absolute Gasteiger partial charge is 0.175 e. The first-order chi connectivity index (χ1) is 6.11. The van der Waals surface area contributed by atoms with E-state index in [1.165, 1.54) is 7.11 Å². The van der Waals surface area contributed by atoms with Gasteiger partial charge in [0.15, 0.2) is 6.29 Å². The second kappa shape index (κ2) is 4.32. The zero-order valence-electron chi connectivity index (χ0n) is 7.33. The molecule has 6 nitrogen and oxygen atoms in total. The Kier molecular flexibility index (Phi) is 3.60. The number of aliphatic hydroxyl groups excluding tert-OH is 3. The third-order valence-corrected chi connectivity index (χ3v) is 2.16. The van der Waals surface area contributed by atoms with E-state index in [1.54, 1.807) is 0 Å². The van der Waals surface area contributed by atoms with Gasteiger partial charge in [0.2, 0.25) is 0 Å². The highest BCUT2D eigenvalue weighted by molar-refractivity contribution is 4.91. The lowest BCUT2D eigenvalue weighted by molar-refractivity contribution is -0.257. The van der Waals surface area contributed by atoms with Gasteiger partial charge in [-0.1, -0.05) is 0 Å². The third kappa shape index (κ3) is 1.98. The summed E-state index contributed by atoms with van der Waals surface area (Å²) in [6.07, 6.45) is -3.96. The molecular weight excluding hydrogens is 178 g/mol. The van der Waals surface area contributed by atoms with Gasteiger partial charge < -0.3 is 30.5 Å². The molecule has 0 bridgehead atoms. The van der Waals surface area contributed by atoms with Crippen LogP contribution >= 0.6 is 0 Å². The number of aliphatic hydroxyl groups is 3. The fourth-order valence-electron chi connectivity index (χ4n) is 1.32. The fraction of sp³-hybridized carbons (Fsp3) is 1.00. The lowest BCUT2D eigenvalue weighted by Gasteiger charge is -2.39. The van der Waals surface area contributed by atoms with Crippen LogP contribution in [0.4, 0.5) is 0 Å². The van der Waals surface area contributed by atoms with Crippen LogP contribution in [0.2, 0.25) is 0 Å². The minimum absolute atomic E-state index is 0.384. The van der Waals surface area contributed by atoms with Gasteiger partial charge >= 0.3 is 0 Å². The van der Waals surface area contributed by atoms with E-state index in [2.05, 4.69) is 0 Å². The maximum Gasteiger partial charge on any atom is 0.175 e. The van der Waals surface area contributed by atoms with Gasteiger partial charge in [0, 0.05) is 7.11 Å². The van der Waals surface area contributed by atoms with Crippen LogP contribution in [0.25, 0.3) is 0 Å². The number of methoxy groups -OCH3 is 1. The Hall–Kier alpha value is -0.240. The average molecular weight is 193 g/mol. The molecule has 0 radical (unpaired) electrons. The molecule has 0 spiro atoms. The first-order valence-corrected chi connectivity index (χ1v) is 4.02. The van der Waals surface area contributed by atoms with Crippen molar-refractivity contribution in [3.05, 3.63) is 0 Å². The third-order valence-electron chi connectivity index (χ3n) is 2.16. The Morgan fingerprint density at radius 3 is 2.46 bits per heavy atom. The topological polar surface area (TPSA) is 105 Å². The molecule has 0 aromatic carbocycles. The molecule has 1 heterocycles. The predicted molar refractivity (Wildman–Crippen MR) is 42.7 cm³/mol. The van der Waals surface area contributed by atoms with Crippen molar-refractivity contribution >= 4 is 0 Å². The van der Waals surface area contributed by atoms with Crippen molar-refractivity contribution in [3.63, 3.8) is 0 Å². The van der Waals surface area contributed by atoms with Gasteiger partial charge in [-0.05, 0) is 0 Å². The van der Waals surface area contributed by atoms with Crippen LogP contribution in [-0.2, 0) is 9.47 Å². The van der Waals surface area contributed by atoms with Gasteiger partial charge in [-0.25, -0.2) is 0 Å². The molecule has 0 aromatic heterocycles. The SMILES string of the molecule is CO[C@H]1OC(CO)[C@H](O)C(O)C1N. The standard InChI is InChI=1S/C7H15NO5/c1-12-7-4(8)6(11)5(10)3(2-9)13-7/h3-7,9-11H,2,8H2,1H3/t3?,4?,5-,6?,7-/m0/s1. The summed E-state index contributed by atoms with van der Waals surface area (Å²) in [6, 6.07) is -0.803. The summed E-state index contributed by atoms with van der Waals surface area (Å²) in [5, 5.41) is 27.5. The molecular formula is C7H15NO5. The summed E-state index contributed by atoms with van der Waals surface area (Å²) in [7, 11) is 1.38. The van der Waals surface area contributed by atoms with E-state index in [4.69, 9.17) is 20.3 Å². The number of hydrogen-bond donors (Lipinski definition) is 4. The fourth-order valence-corrected chi connectivity index (χ4v) is 1.32. The van der Waals surface area contributed by atoms with E-state index in [9.17, 15) is 10.2 Å². The minimum atomic E-state index is -1.17. The molecule has 0 aromatic rings. The van der Waals surface area contributed by atoms with Crippen molar-refractivity contribution in [2.45, 2.75) is 30.6 Å². The van der Waals surface area contributed by atoms with Crippen molar-refractivity contribution in [3.8, 4) is 0 Å². The maximum atomic E-state index is 9.40. The molecule has 1 rings (SSSR count). The second-order valence-corrected chi connectivity index (χ2v) is 3.02. The number of ether oxygens (including phenoxy) is 2. The van der Waals surface area contributed by atoms with E-state index in [0.29, 0.717) is 0 Å². The van der Waals surface area contributed by atoms with Gasteiger partial charge in [-0.2, -0.15) is 0 Å². The van der Waals surface area contributed by atoms with Gasteiger partial charge in [0.1, 0.15) is 18.3 Å². The monoisotopic (exact) mass is 193 g/mol. The van der Waals surface area contributed by atoms with Crippen LogP contribution in [0.1, 0.15) is 0 Å². The maximum absolute atomic E-state index is 9.40. The lowest BCUT2D eigenvalue weighted by Crippen LogP contribution is -2.62. The van der Waals surface area contributed by atoms with Crippen LogP contribution in [0.15, 0.2) is 0 Å². The van der Waals surface area contributed by atoms with E-state index >= 15 is 0 Å². The molecule has 3 unspecified atom stereocenters. The molecule has 0 saturated carbocycles. The second-order valence-electron chi connectivity index (χ2n) is 3.02. The van der Waals surface area contributed by atoms with Gasteiger partial charge in [0.25, 0.3) is 0 Å². The van der Waals surface area contributed by atoms with Crippen LogP contribution in [-0.4, -0.2) is 59.7 Å². The summed E-state index contributed by atoms with van der Waals surface area (Å²) in [5.74, 6) is 0. The zero-order valence-corrected chi connectivity index (χ0v) is 7.33. The normalized spacial score (nSPS) is 46.4. The van der Waals surface area contributed by atoms with Crippen LogP contribution < -0.4 is 5.73 Å². The molecule has 0 amide bonds. The van der Waals surface area contributed by atoms with E-state index < -0.39 is 30.6 Å². The molecule has 5 N–H and O–H groups in total. The molecule has 0 aliphatic carbocycles. The molecule has 78 valence electrons. The van der Waals surface area contributed by atoms with Crippen molar-refractivity contribution in [1.82, 2.24) is 0 Å². The van der Waals surface area contributed by atoms with E-state index in [-0.39, 0.29) is 6.61 Å². The molecule has 6 heteroatoms. The molecule has 13 heavy (non-hydrogen) atoms. The molecule has 1 saturated heterocycles. The predicted octanol–water partition coefficient (Wildman–Crippen LogP) is -2.60. The lowest BCUT2D eigenvalue weighted by atomic mass is 9.98. The van der Waals surface area contributed by atoms with Crippen molar-refractivity contribution < 1.29 is 24.8 Å². The molecule has 5 atom stereocenters. The van der Waals surface area contributed by atoms with E-state index in [1.807, 2.05) is 0 Å². The van der Waals surface area contributed by atoms with E-state index in [0.717, 1.165) is 0 Å². The van der Waals surface area contributed by atoms with Crippen molar-refractivity contribution in [2.75, 3.05) is 13.7 Å². The summed E-state index contributed by atoms with van der Waals surface area (Å²) in [6.45, 7) is -0.384. The van der Waals surface area contributed by atoms with Gasteiger partial charge in [-0.15, -0.1) is 0 Å².